The van der Waals surface area contributed by atoms with E-state index in [1.54, 1.807) is 6.92 Å². The second-order valence-electron chi connectivity index (χ2n) is 4.68. The molecule has 1 aliphatic rings. The fraction of sp³-hybridized carbons (Fsp3) is 0.909. The average molecular weight is 216 g/mol. The normalized spacial score (nSPS) is 36.5. The number of hydrogen-bond acceptors (Lipinski definition) is 3. The minimum absolute atomic E-state index is 0.225. The van der Waals surface area contributed by atoms with Gasteiger partial charge in [0, 0.05) is 6.42 Å². The highest BCUT2D eigenvalue weighted by Crippen LogP contribution is 2.32. The fourth-order valence-corrected chi connectivity index (χ4v) is 1.47. The maximum absolute atomic E-state index is 10.9. The molecule has 0 amide bonds. The Morgan fingerprint density at radius 1 is 1.33 bits per heavy atom. The first-order valence-electron chi connectivity index (χ1n) is 5.43. The summed E-state index contributed by atoms with van der Waals surface area (Å²) in [6.07, 6.45) is 2.93. The molecule has 0 aromatic rings. The SMILES string of the molecule is CCCCC1(C)OCC(C)(C(=O)O)CO1. The summed E-state index contributed by atoms with van der Waals surface area (Å²) in [5.41, 5.74) is -0.897. The molecule has 0 aromatic carbocycles. The summed E-state index contributed by atoms with van der Waals surface area (Å²) in [5, 5.41) is 8.98. The van der Waals surface area contributed by atoms with E-state index >= 15 is 0 Å². The van der Waals surface area contributed by atoms with Crippen molar-refractivity contribution in [1.82, 2.24) is 0 Å². The molecule has 1 aliphatic heterocycles. The molecule has 0 radical (unpaired) electrons. The Hall–Kier alpha value is -0.610. The number of hydrogen-bond donors (Lipinski definition) is 1. The largest absolute Gasteiger partial charge is 0.481 e. The average Bonchev–Trinajstić information content (AvgIpc) is 2.20. The second kappa shape index (κ2) is 4.49. The summed E-state index contributed by atoms with van der Waals surface area (Å²) >= 11 is 0. The molecule has 0 aliphatic carbocycles. The molecule has 0 aromatic heterocycles. The monoisotopic (exact) mass is 216 g/mol. The van der Waals surface area contributed by atoms with Crippen LogP contribution in [0.2, 0.25) is 0 Å². The maximum Gasteiger partial charge on any atom is 0.314 e. The Bertz CT molecular complexity index is 229. The van der Waals surface area contributed by atoms with Crippen molar-refractivity contribution in [3.63, 3.8) is 0 Å². The van der Waals surface area contributed by atoms with E-state index in [4.69, 9.17) is 14.6 Å². The number of ether oxygens (including phenoxy) is 2. The van der Waals surface area contributed by atoms with Crippen LogP contribution in [0, 0.1) is 5.41 Å². The Kier molecular flexibility index (Phi) is 3.73. The van der Waals surface area contributed by atoms with Gasteiger partial charge in [-0.05, 0) is 20.3 Å². The fourth-order valence-electron chi connectivity index (χ4n) is 1.47. The molecule has 1 fully saturated rings. The summed E-state index contributed by atoms with van der Waals surface area (Å²) < 4.78 is 11.1. The van der Waals surface area contributed by atoms with E-state index in [0.29, 0.717) is 0 Å². The molecule has 4 nitrogen and oxygen atoms in total. The van der Waals surface area contributed by atoms with Crippen molar-refractivity contribution >= 4 is 5.97 Å². The van der Waals surface area contributed by atoms with Crippen LogP contribution < -0.4 is 0 Å². The first-order valence-corrected chi connectivity index (χ1v) is 5.43. The van der Waals surface area contributed by atoms with Crippen LogP contribution in [-0.2, 0) is 14.3 Å². The van der Waals surface area contributed by atoms with E-state index in [1.165, 1.54) is 0 Å². The summed E-state index contributed by atoms with van der Waals surface area (Å²) in [6.45, 7) is 6.08. The van der Waals surface area contributed by atoms with Crippen molar-refractivity contribution in [1.29, 1.82) is 0 Å². The van der Waals surface area contributed by atoms with Crippen molar-refractivity contribution in [3.05, 3.63) is 0 Å². The van der Waals surface area contributed by atoms with Crippen molar-refractivity contribution < 1.29 is 19.4 Å². The van der Waals surface area contributed by atoms with Crippen molar-refractivity contribution in [2.75, 3.05) is 13.2 Å². The van der Waals surface area contributed by atoms with Crippen LogP contribution in [0.3, 0.4) is 0 Å². The van der Waals surface area contributed by atoms with Crippen LogP contribution in [0.1, 0.15) is 40.0 Å². The zero-order valence-corrected chi connectivity index (χ0v) is 9.71. The summed E-state index contributed by atoms with van der Waals surface area (Å²) in [7, 11) is 0. The van der Waals surface area contributed by atoms with Gasteiger partial charge in [0.1, 0.15) is 5.41 Å². The molecular formula is C11H20O4. The minimum atomic E-state index is -0.897. The Morgan fingerprint density at radius 3 is 2.27 bits per heavy atom. The second-order valence-corrected chi connectivity index (χ2v) is 4.68. The van der Waals surface area contributed by atoms with Gasteiger partial charge < -0.3 is 14.6 Å². The summed E-state index contributed by atoms with van der Waals surface area (Å²) in [4.78, 5) is 10.9. The lowest BCUT2D eigenvalue weighted by Crippen LogP contribution is -2.50. The molecule has 88 valence electrons. The molecule has 0 atom stereocenters. The van der Waals surface area contributed by atoms with Crippen LogP contribution in [0.5, 0.6) is 0 Å². The van der Waals surface area contributed by atoms with Gasteiger partial charge in [-0.1, -0.05) is 13.3 Å². The van der Waals surface area contributed by atoms with Gasteiger partial charge in [-0.15, -0.1) is 0 Å². The van der Waals surface area contributed by atoms with Gasteiger partial charge in [0.25, 0.3) is 0 Å². The van der Waals surface area contributed by atoms with Crippen molar-refractivity contribution in [3.8, 4) is 0 Å². The lowest BCUT2D eigenvalue weighted by Gasteiger charge is -2.41. The van der Waals surface area contributed by atoms with Crippen LogP contribution in [0.25, 0.3) is 0 Å². The number of carbonyl (C=O) groups is 1. The van der Waals surface area contributed by atoms with Crippen LogP contribution in [0.4, 0.5) is 0 Å². The third kappa shape index (κ3) is 2.92. The van der Waals surface area contributed by atoms with E-state index in [2.05, 4.69) is 6.92 Å². The molecule has 0 unspecified atom stereocenters. The van der Waals surface area contributed by atoms with Gasteiger partial charge in [-0.3, -0.25) is 4.79 Å². The van der Waals surface area contributed by atoms with E-state index in [1.807, 2.05) is 6.92 Å². The summed E-state index contributed by atoms with van der Waals surface area (Å²) in [5.74, 6) is -1.45. The van der Waals surface area contributed by atoms with E-state index < -0.39 is 17.2 Å². The predicted octanol–water partition coefficient (Wildman–Crippen LogP) is 2.03. The topological polar surface area (TPSA) is 55.8 Å². The number of carboxylic acid groups (broad SMARTS) is 1. The smallest absolute Gasteiger partial charge is 0.314 e. The van der Waals surface area contributed by atoms with Crippen molar-refractivity contribution in [2.24, 2.45) is 5.41 Å². The van der Waals surface area contributed by atoms with Gasteiger partial charge in [0.15, 0.2) is 5.79 Å². The maximum atomic E-state index is 10.9. The van der Waals surface area contributed by atoms with Crippen LogP contribution in [-0.4, -0.2) is 30.1 Å². The van der Waals surface area contributed by atoms with Crippen LogP contribution in [0.15, 0.2) is 0 Å². The lowest BCUT2D eigenvalue weighted by atomic mass is 9.91. The molecule has 4 heteroatoms. The summed E-state index contributed by atoms with van der Waals surface area (Å²) in [6, 6.07) is 0. The van der Waals surface area contributed by atoms with Crippen molar-refractivity contribution in [2.45, 2.75) is 45.8 Å². The highest BCUT2D eigenvalue weighted by Gasteiger charge is 2.43. The third-order valence-electron chi connectivity index (χ3n) is 2.89. The molecule has 1 N–H and O–H groups in total. The van der Waals surface area contributed by atoms with Gasteiger partial charge in [-0.25, -0.2) is 0 Å². The zero-order valence-electron chi connectivity index (χ0n) is 9.71. The third-order valence-corrected chi connectivity index (χ3v) is 2.89. The molecular weight excluding hydrogens is 196 g/mol. The number of unbranched alkanes of at least 4 members (excludes halogenated alkanes) is 1. The molecule has 15 heavy (non-hydrogen) atoms. The Labute approximate surface area is 90.6 Å². The number of rotatable bonds is 4. The molecule has 1 rings (SSSR count). The van der Waals surface area contributed by atoms with Gasteiger partial charge in [0.2, 0.25) is 0 Å². The van der Waals surface area contributed by atoms with Crippen LogP contribution >= 0.6 is 0 Å². The first-order chi connectivity index (χ1) is 6.92. The first kappa shape index (κ1) is 12.5. The minimum Gasteiger partial charge on any atom is -0.481 e. The Morgan fingerprint density at radius 2 is 1.87 bits per heavy atom. The molecule has 1 heterocycles. The Balaban J connectivity index is 2.50. The number of aliphatic carboxylic acids is 1. The highest BCUT2D eigenvalue weighted by atomic mass is 16.7. The highest BCUT2D eigenvalue weighted by molar-refractivity contribution is 5.74. The molecule has 0 bridgehead atoms. The molecule has 0 spiro atoms. The standard InChI is InChI=1S/C11H20O4/c1-4-5-6-11(3)14-7-10(2,8-15-11)9(12)13/h4-8H2,1-3H3,(H,12,13). The quantitative estimate of drug-likeness (QED) is 0.781. The predicted molar refractivity (Wildman–Crippen MR) is 55.6 cm³/mol. The van der Waals surface area contributed by atoms with E-state index in [9.17, 15) is 4.79 Å². The number of carboxylic acids is 1. The molecule has 1 saturated heterocycles. The van der Waals surface area contributed by atoms with Gasteiger partial charge >= 0.3 is 5.97 Å². The molecule has 0 saturated carbocycles. The van der Waals surface area contributed by atoms with Gasteiger partial charge in [0.05, 0.1) is 13.2 Å². The van der Waals surface area contributed by atoms with E-state index in [-0.39, 0.29) is 13.2 Å². The lowest BCUT2D eigenvalue weighted by molar-refractivity contribution is -0.292. The van der Waals surface area contributed by atoms with Gasteiger partial charge in [-0.2, -0.15) is 0 Å². The zero-order chi connectivity index (χ0) is 11.5. The van der Waals surface area contributed by atoms with E-state index in [0.717, 1.165) is 19.3 Å².